The minimum Gasteiger partial charge on any atom is -0.497 e. The summed E-state index contributed by atoms with van der Waals surface area (Å²) in [5, 5.41) is 7.62. The second-order valence-corrected chi connectivity index (χ2v) is 10.7. The summed E-state index contributed by atoms with van der Waals surface area (Å²) in [5.74, 6) is 0.0765. The second-order valence-electron chi connectivity index (χ2n) is 10.7. The van der Waals surface area contributed by atoms with Crippen molar-refractivity contribution in [1.29, 1.82) is 0 Å². The number of nitrogens with one attached hydrogen (secondary N) is 1. The van der Waals surface area contributed by atoms with Crippen molar-refractivity contribution in [3.8, 4) is 11.4 Å². The van der Waals surface area contributed by atoms with Crippen molar-refractivity contribution in [2.24, 2.45) is 0 Å². The lowest BCUT2D eigenvalue weighted by molar-refractivity contribution is -0.141. The van der Waals surface area contributed by atoms with Gasteiger partial charge in [0.15, 0.2) is 5.69 Å². The fourth-order valence-corrected chi connectivity index (χ4v) is 5.93. The normalized spacial score (nSPS) is 19.1. The molecule has 2 saturated carbocycles. The third-order valence-corrected chi connectivity index (χ3v) is 8.33. The standard InChI is InChI=1S/C29H31F3N4O2/c1-38-23-12-10-22(11-13-23)36-25-24(26(34-36)29(30,31)32)14-17-35(27(25)37)21-8-6-19(7-9-21)28(15-16-28)18-33-20-4-2-3-5-20/h6-13,20,33H,2-5,14-18H2,1H3. The first-order chi connectivity index (χ1) is 18.3. The van der Waals surface area contributed by atoms with Crippen LogP contribution in [0.25, 0.3) is 5.69 Å². The predicted octanol–water partition coefficient (Wildman–Crippen LogP) is 5.67. The Balaban J connectivity index is 1.27. The molecule has 3 aromatic rings. The number of amides is 1. The Morgan fingerprint density at radius 2 is 1.68 bits per heavy atom. The fraction of sp³-hybridized carbons (Fsp3) is 0.448. The molecule has 0 spiro atoms. The van der Waals surface area contributed by atoms with Crippen LogP contribution in [-0.4, -0.2) is 41.9 Å². The van der Waals surface area contributed by atoms with E-state index in [-0.39, 0.29) is 29.6 Å². The zero-order chi connectivity index (χ0) is 26.5. The lowest BCUT2D eigenvalue weighted by Gasteiger charge is -2.28. The van der Waals surface area contributed by atoms with Gasteiger partial charge in [-0.15, -0.1) is 0 Å². The Hall–Kier alpha value is -3.33. The molecule has 0 atom stereocenters. The number of carbonyl (C=O) groups is 1. The first kappa shape index (κ1) is 25.0. The SMILES string of the molecule is COc1ccc(-n2nc(C(F)(F)F)c3c2C(=O)N(c2ccc(C4(CNC5CCCC5)CC4)cc2)CC3)cc1. The van der Waals surface area contributed by atoms with E-state index in [1.165, 1.54) is 38.4 Å². The Kier molecular flexibility index (Phi) is 6.21. The number of hydrogen-bond donors (Lipinski definition) is 1. The Morgan fingerprint density at radius 3 is 2.29 bits per heavy atom. The zero-order valence-corrected chi connectivity index (χ0v) is 21.4. The van der Waals surface area contributed by atoms with Crippen molar-refractivity contribution in [2.75, 3.05) is 25.1 Å². The molecule has 6 nitrogen and oxygen atoms in total. The molecule has 2 aliphatic carbocycles. The molecule has 200 valence electrons. The van der Waals surface area contributed by atoms with E-state index in [9.17, 15) is 18.0 Å². The fourth-order valence-electron chi connectivity index (χ4n) is 5.93. The largest absolute Gasteiger partial charge is 0.497 e. The molecule has 2 heterocycles. The highest BCUT2D eigenvalue weighted by Gasteiger charge is 2.45. The van der Waals surface area contributed by atoms with Crippen LogP contribution in [0.4, 0.5) is 18.9 Å². The van der Waals surface area contributed by atoms with Gasteiger partial charge in [-0.1, -0.05) is 25.0 Å². The summed E-state index contributed by atoms with van der Waals surface area (Å²) in [6.07, 6.45) is 2.78. The third-order valence-electron chi connectivity index (χ3n) is 8.33. The number of carbonyl (C=O) groups excluding carboxylic acids is 1. The Morgan fingerprint density at radius 1 is 1.03 bits per heavy atom. The summed E-state index contributed by atoms with van der Waals surface area (Å²) < 4.78 is 47.9. The van der Waals surface area contributed by atoms with Gasteiger partial charge in [0, 0.05) is 35.8 Å². The Labute approximate surface area is 219 Å². The molecule has 2 aromatic carbocycles. The van der Waals surface area contributed by atoms with Gasteiger partial charge in [-0.3, -0.25) is 4.79 Å². The number of nitrogens with zero attached hydrogens (tertiary/aromatic N) is 3. The minimum atomic E-state index is -4.66. The zero-order valence-electron chi connectivity index (χ0n) is 21.4. The van der Waals surface area contributed by atoms with Crippen molar-refractivity contribution >= 4 is 11.6 Å². The van der Waals surface area contributed by atoms with Crippen LogP contribution in [0.15, 0.2) is 48.5 Å². The molecule has 0 saturated heterocycles. The topological polar surface area (TPSA) is 59.4 Å². The number of halogens is 3. The van der Waals surface area contributed by atoms with Crippen molar-refractivity contribution in [1.82, 2.24) is 15.1 Å². The summed E-state index contributed by atoms with van der Waals surface area (Å²) in [5.41, 5.74) is 1.35. The maximum absolute atomic E-state index is 13.9. The van der Waals surface area contributed by atoms with E-state index in [2.05, 4.69) is 22.5 Å². The van der Waals surface area contributed by atoms with Crippen LogP contribution in [-0.2, 0) is 18.0 Å². The predicted molar refractivity (Wildman–Crippen MR) is 138 cm³/mol. The molecule has 0 unspecified atom stereocenters. The highest BCUT2D eigenvalue weighted by molar-refractivity contribution is 6.07. The summed E-state index contributed by atoms with van der Waals surface area (Å²) in [6, 6.07) is 15.1. The number of anilines is 1. The number of methoxy groups -OCH3 is 1. The van der Waals surface area contributed by atoms with Gasteiger partial charge in [0.2, 0.25) is 0 Å². The average Bonchev–Trinajstić information content (AvgIpc) is 3.32. The van der Waals surface area contributed by atoms with Crippen LogP contribution in [0.5, 0.6) is 5.75 Å². The summed E-state index contributed by atoms with van der Waals surface area (Å²) in [6.45, 7) is 1.13. The van der Waals surface area contributed by atoms with E-state index in [0.717, 1.165) is 24.1 Å². The van der Waals surface area contributed by atoms with Gasteiger partial charge in [-0.25, -0.2) is 4.68 Å². The van der Waals surface area contributed by atoms with Crippen LogP contribution in [0, 0.1) is 0 Å². The summed E-state index contributed by atoms with van der Waals surface area (Å²) >= 11 is 0. The molecule has 1 aliphatic heterocycles. The first-order valence-corrected chi connectivity index (χ1v) is 13.3. The van der Waals surface area contributed by atoms with E-state index in [0.29, 0.717) is 23.2 Å². The lowest BCUT2D eigenvalue weighted by Crippen LogP contribution is -2.39. The summed E-state index contributed by atoms with van der Waals surface area (Å²) in [7, 11) is 1.51. The van der Waals surface area contributed by atoms with Gasteiger partial charge in [-0.05, 0) is 74.1 Å². The molecule has 1 aromatic heterocycles. The monoisotopic (exact) mass is 524 g/mol. The Bertz CT molecular complexity index is 1320. The number of alkyl halides is 3. The highest BCUT2D eigenvalue weighted by Crippen LogP contribution is 2.48. The minimum absolute atomic E-state index is 0.0442. The van der Waals surface area contributed by atoms with Crippen LogP contribution in [0.1, 0.15) is 65.8 Å². The van der Waals surface area contributed by atoms with E-state index >= 15 is 0 Å². The van der Waals surface area contributed by atoms with Crippen molar-refractivity contribution in [2.45, 2.75) is 62.6 Å². The van der Waals surface area contributed by atoms with Gasteiger partial charge < -0.3 is 15.0 Å². The van der Waals surface area contributed by atoms with Gasteiger partial charge >= 0.3 is 6.18 Å². The van der Waals surface area contributed by atoms with Crippen molar-refractivity contribution < 1.29 is 22.7 Å². The molecule has 3 aliphatic rings. The van der Waals surface area contributed by atoms with E-state index in [1.807, 2.05) is 12.1 Å². The van der Waals surface area contributed by atoms with E-state index < -0.39 is 17.8 Å². The molecular weight excluding hydrogens is 493 g/mol. The molecule has 0 bridgehead atoms. The number of aromatic nitrogens is 2. The third kappa shape index (κ3) is 4.46. The van der Waals surface area contributed by atoms with E-state index in [1.54, 1.807) is 29.2 Å². The van der Waals surface area contributed by atoms with Crippen LogP contribution < -0.4 is 15.0 Å². The van der Waals surface area contributed by atoms with Crippen LogP contribution >= 0.6 is 0 Å². The smallest absolute Gasteiger partial charge is 0.435 e. The molecule has 38 heavy (non-hydrogen) atoms. The average molecular weight is 525 g/mol. The second kappa shape index (κ2) is 9.45. The number of fused-ring (bicyclic) bond motifs is 1. The molecule has 6 rings (SSSR count). The molecule has 0 radical (unpaired) electrons. The van der Waals surface area contributed by atoms with Crippen LogP contribution in [0.2, 0.25) is 0 Å². The molecule has 2 fully saturated rings. The van der Waals surface area contributed by atoms with Gasteiger partial charge in [0.05, 0.1) is 12.8 Å². The number of benzene rings is 2. The first-order valence-electron chi connectivity index (χ1n) is 13.3. The van der Waals surface area contributed by atoms with Crippen molar-refractivity contribution in [3.63, 3.8) is 0 Å². The number of hydrogen-bond acceptors (Lipinski definition) is 4. The molecule has 1 amide bonds. The quantitative estimate of drug-likeness (QED) is 0.433. The maximum Gasteiger partial charge on any atom is 0.435 e. The lowest BCUT2D eigenvalue weighted by atomic mass is 9.94. The number of rotatable bonds is 7. The molecular formula is C29H31F3N4O2. The van der Waals surface area contributed by atoms with Gasteiger partial charge in [0.25, 0.3) is 5.91 Å². The highest BCUT2D eigenvalue weighted by atomic mass is 19.4. The number of ether oxygens (including phenoxy) is 1. The van der Waals surface area contributed by atoms with Gasteiger partial charge in [-0.2, -0.15) is 18.3 Å². The summed E-state index contributed by atoms with van der Waals surface area (Å²) in [4.78, 5) is 15.2. The molecule has 9 heteroatoms. The maximum atomic E-state index is 13.9. The van der Waals surface area contributed by atoms with Crippen molar-refractivity contribution in [3.05, 3.63) is 71.0 Å². The van der Waals surface area contributed by atoms with E-state index in [4.69, 9.17) is 4.74 Å². The van der Waals surface area contributed by atoms with Crippen LogP contribution in [0.3, 0.4) is 0 Å². The molecule has 1 N–H and O–H groups in total. The van der Waals surface area contributed by atoms with Gasteiger partial charge in [0.1, 0.15) is 11.4 Å².